The van der Waals surface area contributed by atoms with Crippen molar-refractivity contribution in [3.05, 3.63) is 47.4 Å². The molecule has 0 saturated carbocycles. The van der Waals surface area contributed by atoms with Gasteiger partial charge in [-0.1, -0.05) is 23.7 Å². The SMILES string of the molecule is Cn1cnc(S(=O)(=O)N2CCCN(C(=O)c3ccccc3Cl)CC2)c1. The topological polar surface area (TPSA) is 75.5 Å². The molecule has 0 atom stereocenters. The van der Waals surface area contributed by atoms with Gasteiger partial charge in [0, 0.05) is 39.4 Å². The van der Waals surface area contributed by atoms with Gasteiger partial charge in [0.1, 0.15) is 0 Å². The van der Waals surface area contributed by atoms with Crippen molar-refractivity contribution in [1.29, 1.82) is 0 Å². The Kier molecular flexibility index (Phi) is 5.12. The second kappa shape index (κ2) is 7.15. The molecule has 0 unspecified atom stereocenters. The number of carbonyl (C=O) groups excluding carboxylic acids is 1. The lowest BCUT2D eigenvalue weighted by atomic mass is 10.2. The minimum Gasteiger partial charge on any atom is -0.339 e. The Balaban J connectivity index is 1.74. The number of imidazole rings is 1. The second-order valence-corrected chi connectivity index (χ2v) is 8.20. The maximum absolute atomic E-state index is 12.7. The number of nitrogens with zero attached hydrogens (tertiary/aromatic N) is 4. The Morgan fingerprint density at radius 3 is 2.60 bits per heavy atom. The molecule has 2 aromatic rings. The minimum absolute atomic E-state index is 0.0286. The van der Waals surface area contributed by atoms with Crippen LogP contribution in [0.4, 0.5) is 0 Å². The van der Waals surface area contributed by atoms with Crippen molar-refractivity contribution < 1.29 is 13.2 Å². The zero-order chi connectivity index (χ0) is 18.0. The predicted molar refractivity (Wildman–Crippen MR) is 93.9 cm³/mol. The van der Waals surface area contributed by atoms with Gasteiger partial charge in [0.2, 0.25) is 0 Å². The van der Waals surface area contributed by atoms with Crippen LogP contribution in [0.15, 0.2) is 41.8 Å². The van der Waals surface area contributed by atoms with E-state index < -0.39 is 10.0 Å². The highest BCUT2D eigenvalue weighted by atomic mass is 35.5. The van der Waals surface area contributed by atoms with E-state index in [2.05, 4.69) is 4.98 Å². The van der Waals surface area contributed by atoms with E-state index in [1.807, 2.05) is 0 Å². The molecule has 1 aromatic heterocycles. The zero-order valence-electron chi connectivity index (χ0n) is 13.8. The molecule has 0 aliphatic carbocycles. The van der Waals surface area contributed by atoms with Crippen molar-refractivity contribution in [2.45, 2.75) is 11.4 Å². The average molecular weight is 383 g/mol. The standard InChI is InChI=1S/C16H19ClN4O3S/c1-19-11-15(18-12-19)25(23,24)21-8-4-7-20(9-10-21)16(22)13-5-2-3-6-14(13)17/h2-3,5-6,11-12H,4,7-10H2,1H3. The van der Waals surface area contributed by atoms with E-state index in [4.69, 9.17) is 11.6 Å². The van der Waals surface area contributed by atoms with Crippen molar-refractivity contribution in [2.24, 2.45) is 7.05 Å². The first kappa shape index (κ1) is 17.9. The molecular weight excluding hydrogens is 364 g/mol. The normalized spacial score (nSPS) is 16.6. The molecule has 0 bridgehead atoms. The predicted octanol–water partition coefficient (Wildman–Crippen LogP) is 1.61. The van der Waals surface area contributed by atoms with Crippen molar-refractivity contribution >= 4 is 27.5 Å². The number of carbonyl (C=O) groups is 1. The van der Waals surface area contributed by atoms with Gasteiger partial charge >= 0.3 is 0 Å². The summed E-state index contributed by atoms with van der Waals surface area (Å²) in [7, 11) is -1.93. The summed E-state index contributed by atoms with van der Waals surface area (Å²) in [5, 5.41) is 0.426. The molecule has 1 fully saturated rings. The Bertz CT molecular complexity index is 881. The molecule has 7 nitrogen and oxygen atoms in total. The number of rotatable bonds is 3. The summed E-state index contributed by atoms with van der Waals surface area (Å²) in [4.78, 5) is 18.3. The van der Waals surface area contributed by atoms with Gasteiger partial charge < -0.3 is 9.47 Å². The summed E-state index contributed by atoms with van der Waals surface area (Å²) in [5.74, 6) is -0.178. The summed E-state index contributed by atoms with van der Waals surface area (Å²) >= 11 is 6.10. The van der Waals surface area contributed by atoms with Gasteiger partial charge in [-0.25, -0.2) is 13.4 Å². The number of hydrogen-bond donors (Lipinski definition) is 0. The summed E-state index contributed by atoms with van der Waals surface area (Å²) in [6, 6.07) is 6.87. The number of hydrogen-bond acceptors (Lipinski definition) is 4. The van der Waals surface area contributed by atoms with E-state index in [9.17, 15) is 13.2 Å². The van der Waals surface area contributed by atoms with Crippen LogP contribution in [0, 0.1) is 0 Å². The molecular formula is C16H19ClN4O3S. The molecule has 1 saturated heterocycles. The van der Waals surface area contributed by atoms with Gasteiger partial charge in [-0.2, -0.15) is 4.31 Å². The molecule has 2 heterocycles. The molecule has 3 rings (SSSR count). The number of halogens is 1. The molecule has 0 spiro atoms. The third-order valence-corrected chi connectivity index (χ3v) is 6.25. The molecule has 1 aliphatic heterocycles. The van der Waals surface area contributed by atoms with Crippen LogP contribution in [-0.4, -0.2) is 59.3 Å². The van der Waals surface area contributed by atoms with Crippen molar-refractivity contribution in [2.75, 3.05) is 26.2 Å². The first-order valence-electron chi connectivity index (χ1n) is 7.91. The van der Waals surface area contributed by atoms with Crippen LogP contribution >= 0.6 is 11.6 Å². The fourth-order valence-corrected chi connectivity index (χ4v) is 4.45. The van der Waals surface area contributed by atoms with Gasteiger partial charge in [0.15, 0.2) is 5.03 Å². The molecule has 0 radical (unpaired) electrons. The van der Waals surface area contributed by atoms with Crippen LogP contribution in [0.5, 0.6) is 0 Å². The van der Waals surface area contributed by atoms with Crippen LogP contribution in [-0.2, 0) is 17.1 Å². The summed E-state index contributed by atoms with van der Waals surface area (Å²) < 4.78 is 28.3. The number of amides is 1. The van der Waals surface area contributed by atoms with E-state index in [0.717, 1.165) is 0 Å². The molecule has 0 N–H and O–H groups in total. The molecule has 134 valence electrons. The number of benzene rings is 1. The van der Waals surface area contributed by atoms with Gasteiger partial charge in [-0.3, -0.25) is 4.79 Å². The first-order valence-corrected chi connectivity index (χ1v) is 9.73. The third kappa shape index (κ3) is 3.70. The number of sulfonamides is 1. The van der Waals surface area contributed by atoms with E-state index >= 15 is 0 Å². The van der Waals surface area contributed by atoms with Crippen LogP contribution in [0.2, 0.25) is 5.02 Å². The van der Waals surface area contributed by atoms with Gasteiger partial charge in [0.25, 0.3) is 15.9 Å². The highest BCUT2D eigenvalue weighted by Gasteiger charge is 2.30. The largest absolute Gasteiger partial charge is 0.339 e. The summed E-state index contributed by atoms with van der Waals surface area (Å²) in [5.41, 5.74) is 0.435. The monoisotopic (exact) mass is 382 g/mol. The molecule has 9 heteroatoms. The molecule has 1 aliphatic rings. The van der Waals surface area contributed by atoms with Gasteiger partial charge in [-0.05, 0) is 18.6 Å². The van der Waals surface area contributed by atoms with E-state index in [1.165, 1.54) is 16.8 Å². The Labute approximate surface area is 151 Å². The van der Waals surface area contributed by atoms with E-state index in [-0.39, 0.29) is 17.5 Å². The number of aryl methyl sites for hydroxylation is 1. The Morgan fingerprint density at radius 1 is 1.16 bits per heavy atom. The highest BCUT2D eigenvalue weighted by molar-refractivity contribution is 7.89. The fourth-order valence-electron chi connectivity index (χ4n) is 2.80. The van der Waals surface area contributed by atoms with Crippen molar-refractivity contribution in [3.8, 4) is 0 Å². The number of aromatic nitrogens is 2. The Morgan fingerprint density at radius 2 is 1.92 bits per heavy atom. The smallest absolute Gasteiger partial charge is 0.262 e. The fraction of sp³-hybridized carbons (Fsp3) is 0.375. The van der Waals surface area contributed by atoms with Crippen molar-refractivity contribution in [1.82, 2.24) is 18.8 Å². The second-order valence-electron chi connectivity index (χ2n) is 5.91. The zero-order valence-corrected chi connectivity index (χ0v) is 15.4. The molecule has 1 aromatic carbocycles. The lowest BCUT2D eigenvalue weighted by Crippen LogP contribution is -2.37. The van der Waals surface area contributed by atoms with Gasteiger partial charge in [0.05, 0.1) is 16.9 Å². The maximum atomic E-state index is 12.7. The lowest BCUT2D eigenvalue weighted by Gasteiger charge is -2.21. The van der Waals surface area contributed by atoms with Crippen LogP contribution in [0.1, 0.15) is 16.8 Å². The Hall–Kier alpha value is -1.90. The quantitative estimate of drug-likeness (QED) is 0.808. The highest BCUT2D eigenvalue weighted by Crippen LogP contribution is 2.20. The summed E-state index contributed by atoms with van der Waals surface area (Å²) in [6.07, 6.45) is 3.49. The molecule has 1 amide bonds. The minimum atomic E-state index is -3.65. The summed E-state index contributed by atoms with van der Waals surface area (Å²) in [6.45, 7) is 1.38. The third-order valence-electron chi connectivity index (χ3n) is 4.13. The van der Waals surface area contributed by atoms with Crippen LogP contribution < -0.4 is 0 Å². The van der Waals surface area contributed by atoms with Gasteiger partial charge in [-0.15, -0.1) is 0 Å². The van der Waals surface area contributed by atoms with E-state index in [0.29, 0.717) is 36.6 Å². The maximum Gasteiger partial charge on any atom is 0.262 e. The van der Waals surface area contributed by atoms with Crippen LogP contribution in [0.3, 0.4) is 0 Å². The molecule has 25 heavy (non-hydrogen) atoms. The lowest BCUT2D eigenvalue weighted by molar-refractivity contribution is 0.0764. The van der Waals surface area contributed by atoms with Crippen molar-refractivity contribution in [3.63, 3.8) is 0 Å². The van der Waals surface area contributed by atoms with E-state index in [1.54, 1.807) is 40.8 Å². The van der Waals surface area contributed by atoms with Crippen LogP contribution in [0.25, 0.3) is 0 Å². The first-order chi connectivity index (χ1) is 11.9. The average Bonchev–Trinajstić information content (AvgIpc) is 2.88.